The Balaban J connectivity index is 1.59. The van der Waals surface area contributed by atoms with Crippen molar-refractivity contribution in [3.05, 3.63) is 64.2 Å². The number of alkyl halides is 3. The number of carbonyl (C=O) groups excluding carboxylic acids is 2. The molecule has 1 heterocycles. The van der Waals surface area contributed by atoms with Gasteiger partial charge in [0.25, 0.3) is 0 Å². The number of anilines is 1. The fraction of sp³-hybridized carbons (Fsp3) is 0.364. The van der Waals surface area contributed by atoms with E-state index in [1.54, 1.807) is 23.8 Å². The number of benzene rings is 2. The highest BCUT2D eigenvalue weighted by atomic mass is 35.5. The lowest BCUT2D eigenvalue weighted by molar-refractivity contribution is -0.138. The number of carbonyl (C=O) groups is 2. The first-order valence-electron chi connectivity index (χ1n) is 9.78. The lowest BCUT2D eigenvalue weighted by atomic mass is 9.99. The minimum atomic E-state index is -4.62. The minimum Gasteiger partial charge on any atom is -0.337 e. The maximum atomic E-state index is 13.0. The van der Waals surface area contributed by atoms with Crippen LogP contribution < -0.4 is 5.32 Å². The molecule has 166 valence electrons. The molecule has 0 saturated carbocycles. The van der Waals surface area contributed by atoms with E-state index in [2.05, 4.69) is 11.4 Å². The van der Waals surface area contributed by atoms with Gasteiger partial charge in [0.05, 0.1) is 23.2 Å². The van der Waals surface area contributed by atoms with Gasteiger partial charge in [-0.05, 0) is 49.7 Å². The molecule has 0 fully saturated rings. The monoisotopic (exact) mass is 453 g/mol. The molecule has 0 aromatic heterocycles. The van der Waals surface area contributed by atoms with Crippen LogP contribution in [0.5, 0.6) is 0 Å². The number of nitrogens with one attached hydrogen (secondary N) is 1. The van der Waals surface area contributed by atoms with Crippen LogP contribution in [0.3, 0.4) is 0 Å². The molecule has 1 aliphatic heterocycles. The number of fused-ring (bicyclic) bond motifs is 1. The molecule has 0 radical (unpaired) electrons. The minimum absolute atomic E-state index is 0.0123. The van der Waals surface area contributed by atoms with Crippen molar-refractivity contribution in [3.63, 3.8) is 0 Å². The van der Waals surface area contributed by atoms with Crippen molar-refractivity contribution in [3.8, 4) is 0 Å². The molecule has 3 rings (SSSR count). The van der Waals surface area contributed by atoms with Gasteiger partial charge >= 0.3 is 6.18 Å². The van der Waals surface area contributed by atoms with E-state index < -0.39 is 28.7 Å². The number of hydrogen-bond acceptors (Lipinski definition) is 3. The van der Waals surface area contributed by atoms with Crippen LogP contribution in [0.15, 0.2) is 42.5 Å². The fourth-order valence-electron chi connectivity index (χ4n) is 3.52. The third-order valence-corrected chi connectivity index (χ3v) is 5.74. The third kappa shape index (κ3) is 5.57. The molecule has 0 bridgehead atoms. The van der Waals surface area contributed by atoms with Crippen molar-refractivity contribution < 1.29 is 22.8 Å². The lowest BCUT2D eigenvalue weighted by Crippen LogP contribution is -2.49. The fourth-order valence-corrected chi connectivity index (χ4v) is 3.75. The van der Waals surface area contributed by atoms with E-state index in [1.807, 2.05) is 18.2 Å². The lowest BCUT2D eigenvalue weighted by Gasteiger charge is -2.33. The van der Waals surface area contributed by atoms with E-state index in [-0.39, 0.29) is 18.1 Å². The zero-order chi connectivity index (χ0) is 22.8. The van der Waals surface area contributed by atoms with Gasteiger partial charge < -0.3 is 10.2 Å². The summed E-state index contributed by atoms with van der Waals surface area (Å²) in [6.07, 6.45) is -3.85. The Morgan fingerprint density at radius 1 is 1.19 bits per heavy atom. The Morgan fingerprint density at radius 2 is 1.87 bits per heavy atom. The molecule has 0 saturated heterocycles. The second-order valence-corrected chi connectivity index (χ2v) is 8.02. The molecule has 1 N–H and O–H groups in total. The molecule has 5 nitrogen and oxygen atoms in total. The van der Waals surface area contributed by atoms with E-state index in [4.69, 9.17) is 11.6 Å². The van der Waals surface area contributed by atoms with Crippen molar-refractivity contribution >= 4 is 29.1 Å². The smallest absolute Gasteiger partial charge is 0.337 e. The van der Waals surface area contributed by atoms with E-state index in [0.717, 1.165) is 24.1 Å². The highest BCUT2D eigenvalue weighted by Gasteiger charge is 2.33. The first-order valence-corrected chi connectivity index (χ1v) is 10.2. The largest absolute Gasteiger partial charge is 0.417 e. The maximum Gasteiger partial charge on any atom is 0.417 e. The average Bonchev–Trinajstić information content (AvgIpc) is 2.72. The number of nitrogens with zero attached hydrogens (tertiary/aromatic N) is 2. The summed E-state index contributed by atoms with van der Waals surface area (Å²) in [6.45, 7) is 2.68. The summed E-state index contributed by atoms with van der Waals surface area (Å²) in [4.78, 5) is 28.6. The van der Waals surface area contributed by atoms with Gasteiger partial charge in [-0.3, -0.25) is 14.5 Å². The van der Waals surface area contributed by atoms with Crippen LogP contribution in [0.1, 0.15) is 23.6 Å². The van der Waals surface area contributed by atoms with Crippen LogP contribution in [0.2, 0.25) is 5.02 Å². The SMILES string of the molecule is C[C@H](C(=O)N1CCc2ccccc2C1)N(C)CC(=O)Nc1ccc(Cl)c(C(F)(F)F)c1. The van der Waals surface area contributed by atoms with Gasteiger partial charge in [0.15, 0.2) is 0 Å². The zero-order valence-electron chi connectivity index (χ0n) is 17.2. The topological polar surface area (TPSA) is 52.7 Å². The van der Waals surface area contributed by atoms with Crippen molar-refractivity contribution in [2.75, 3.05) is 25.5 Å². The van der Waals surface area contributed by atoms with Crippen molar-refractivity contribution in [1.29, 1.82) is 0 Å². The number of halogens is 4. The van der Waals surface area contributed by atoms with Gasteiger partial charge in [-0.25, -0.2) is 0 Å². The molecule has 31 heavy (non-hydrogen) atoms. The third-order valence-electron chi connectivity index (χ3n) is 5.41. The van der Waals surface area contributed by atoms with E-state index in [9.17, 15) is 22.8 Å². The van der Waals surface area contributed by atoms with E-state index in [0.29, 0.717) is 13.1 Å². The van der Waals surface area contributed by atoms with Gasteiger partial charge in [0, 0.05) is 18.8 Å². The molecule has 0 spiro atoms. The van der Waals surface area contributed by atoms with Crippen LogP contribution in [0.4, 0.5) is 18.9 Å². The Morgan fingerprint density at radius 3 is 2.55 bits per heavy atom. The molecule has 2 aromatic carbocycles. The van der Waals surface area contributed by atoms with Crippen LogP contribution >= 0.6 is 11.6 Å². The molecule has 0 aliphatic carbocycles. The molecular weight excluding hydrogens is 431 g/mol. The van der Waals surface area contributed by atoms with Gasteiger partial charge in [-0.15, -0.1) is 0 Å². The molecule has 2 amide bonds. The number of amides is 2. The highest BCUT2D eigenvalue weighted by molar-refractivity contribution is 6.31. The summed E-state index contributed by atoms with van der Waals surface area (Å²) in [5, 5.41) is 1.99. The predicted molar refractivity (Wildman–Crippen MR) is 113 cm³/mol. The van der Waals surface area contributed by atoms with Crippen LogP contribution in [0.25, 0.3) is 0 Å². The Bertz CT molecular complexity index is 981. The highest BCUT2D eigenvalue weighted by Crippen LogP contribution is 2.36. The Labute approximate surface area is 183 Å². The molecule has 0 unspecified atom stereocenters. The Kier molecular flexibility index (Phi) is 6.91. The summed E-state index contributed by atoms with van der Waals surface area (Å²) in [7, 11) is 1.63. The zero-order valence-corrected chi connectivity index (χ0v) is 17.9. The average molecular weight is 454 g/mol. The van der Waals surface area contributed by atoms with Gasteiger partial charge in [-0.1, -0.05) is 35.9 Å². The summed E-state index contributed by atoms with van der Waals surface area (Å²) in [6, 6.07) is 10.6. The van der Waals surface area contributed by atoms with Crippen molar-refractivity contribution in [1.82, 2.24) is 9.80 Å². The van der Waals surface area contributed by atoms with Crippen molar-refractivity contribution in [2.45, 2.75) is 32.1 Å². The molecule has 2 aromatic rings. The first kappa shape index (κ1) is 23.1. The molecule has 1 atom stereocenters. The predicted octanol–water partition coefficient (Wildman–Crippen LogP) is 4.20. The van der Waals surface area contributed by atoms with Crippen molar-refractivity contribution in [2.24, 2.45) is 0 Å². The molecule has 1 aliphatic rings. The number of hydrogen-bond donors (Lipinski definition) is 1. The van der Waals surface area contributed by atoms with E-state index in [1.165, 1.54) is 11.6 Å². The summed E-state index contributed by atoms with van der Waals surface area (Å²) in [5.74, 6) is -0.628. The van der Waals surface area contributed by atoms with Crippen LogP contribution in [-0.2, 0) is 28.7 Å². The summed E-state index contributed by atoms with van der Waals surface area (Å²) >= 11 is 5.60. The summed E-state index contributed by atoms with van der Waals surface area (Å²) < 4.78 is 39.0. The molecular formula is C22H23ClF3N3O2. The van der Waals surface area contributed by atoms with Crippen LogP contribution in [-0.4, -0.2) is 47.8 Å². The number of rotatable bonds is 5. The number of likely N-dealkylation sites (N-methyl/N-ethyl adjacent to an activating group) is 1. The standard InChI is InChI=1S/C22H23ClF3N3O2/c1-14(21(31)29-10-9-15-5-3-4-6-16(15)12-29)28(2)13-20(30)27-17-7-8-19(23)18(11-17)22(24,25)26/h3-8,11,14H,9-10,12-13H2,1-2H3,(H,27,30)/t14-/m1/s1. The summed E-state index contributed by atoms with van der Waals surface area (Å²) in [5.41, 5.74) is 1.31. The van der Waals surface area contributed by atoms with Gasteiger partial charge in [0.2, 0.25) is 11.8 Å². The van der Waals surface area contributed by atoms with Crippen LogP contribution in [0, 0.1) is 0 Å². The Hall–Kier alpha value is -2.58. The van der Waals surface area contributed by atoms with E-state index >= 15 is 0 Å². The van der Waals surface area contributed by atoms with Gasteiger partial charge in [-0.2, -0.15) is 13.2 Å². The molecule has 9 heteroatoms. The normalized spacial score (nSPS) is 14.9. The first-order chi connectivity index (χ1) is 14.6. The maximum absolute atomic E-state index is 13.0. The quantitative estimate of drug-likeness (QED) is 0.738. The second-order valence-electron chi connectivity index (χ2n) is 7.61. The van der Waals surface area contributed by atoms with Gasteiger partial charge in [0.1, 0.15) is 0 Å². The second kappa shape index (κ2) is 9.28.